The lowest BCUT2D eigenvalue weighted by Crippen LogP contribution is -2.32. The molecule has 0 saturated carbocycles. The Kier molecular flexibility index (Phi) is 4.51. The Morgan fingerprint density at radius 3 is 2.75 bits per heavy atom. The molecule has 3 heteroatoms. The van der Waals surface area contributed by atoms with Gasteiger partial charge in [0.1, 0.15) is 5.76 Å². The molecule has 3 rings (SSSR count). The van der Waals surface area contributed by atoms with Gasteiger partial charge < -0.3 is 14.5 Å². The van der Waals surface area contributed by atoms with Gasteiger partial charge in [-0.3, -0.25) is 0 Å². The lowest BCUT2D eigenvalue weighted by molar-refractivity contribution is 0.0540. The van der Waals surface area contributed by atoms with Crippen LogP contribution >= 0.6 is 0 Å². The standard InChI is InChI=1S/C17H21NO2/c1-2-7-15(8-3-1)17(16-9-5-11-20-16)18-12-14-6-4-10-19-13-14/h1-3,5,7-9,11,14,17-18H,4,6,10,12-13H2. The Hall–Kier alpha value is -1.58. The second kappa shape index (κ2) is 6.73. The summed E-state index contributed by atoms with van der Waals surface area (Å²) < 4.78 is 11.1. The van der Waals surface area contributed by atoms with Crippen LogP contribution in [0.3, 0.4) is 0 Å². The van der Waals surface area contributed by atoms with Crippen molar-refractivity contribution in [2.75, 3.05) is 19.8 Å². The van der Waals surface area contributed by atoms with E-state index in [1.54, 1.807) is 6.26 Å². The molecular weight excluding hydrogens is 250 g/mol. The van der Waals surface area contributed by atoms with Crippen molar-refractivity contribution in [1.82, 2.24) is 5.32 Å². The molecule has 1 aromatic carbocycles. The number of nitrogens with one attached hydrogen (secondary N) is 1. The van der Waals surface area contributed by atoms with E-state index in [1.165, 1.54) is 18.4 Å². The molecule has 2 atom stereocenters. The van der Waals surface area contributed by atoms with E-state index in [9.17, 15) is 0 Å². The van der Waals surface area contributed by atoms with E-state index in [1.807, 2.05) is 18.2 Å². The molecule has 1 aliphatic heterocycles. The smallest absolute Gasteiger partial charge is 0.125 e. The Bertz CT molecular complexity index is 489. The van der Waals surface area contributed by atoms with Crippen molar-refractivity contribution in [1.29, 1.82) is 0 Å². The van der Waals surface area contributed by atoms with Gasteiger partial charge in [-0.2, -0.15) is 0 Å². The van der Waals surface area contributed by atoms with Crippen LogP contribution in [0, 0.1) is 5.92 Å². The van der Waals surface area contributed by atoms with E-state index in [4.69, 9.17) is 9.15 Å². The van der Waals surface area contributed by atoms with E-state index in [-0.39, 0.29) is 6.04 Å². The maximum atomic E-state index is 5.60. The monoisotopic (exact) mass is 271 g/mol. The highest BCUT2D eigenvalue weighted by Crippen LogP contribution is 2.23. The van der Waals surface area contributed by atoms with E-state index >= 15 is 0 Å². The van der Waals surface area contributed by atoms with E-state index < -0.39 is 0 Å². The zero-order chi connectivity index (χ0) is 13.6. The normalized spacial score (nSPS) is 20.7. The third kappa shape index (κ3) is 3.30. The molecule has 20 heavy (non-hydrogen) atoms. The van der Waals surface area contributed by atoms with Crippen LogP contribution in [0.4, 0.5) is 0 Å². The van der Waals surface area contributed by atoms with Crippen LogP contribution in [0.5, 0.6) is 0 Å². The van der Waals surface area contributed by atoms with Crippen LogP contribution in [0.15, 0.2) is 53.1 Å². The van der Waals surface area contributed by atoms with Gasteiger partial charge in [-0.25, -0.2) is 0 Å². The Morgan fingerprint density at radius 1 is 1.15 bits per heavy atom. The second-order valence-electron chi connectivity index (χ2n) is 5.35. The molecule has 1 aromatic heterocycles. The first kappa shape index (κ1) is 13.4. The van der Waals surface area contributed by atoms with Gasteiger partial charge in [0, 0.05) is 13.2 Å². The van der Waals surface area contributed by atoms with Crippen LogP contribution in [-0.4, -0.2) is 19.8 Å². The number of hydrogen-bond donors (Lipinski definition) is 1. The van der Waals surface area contributed by atoms with Gasteiger partial charge in [0.2, 0.25) is 0 Å². The predicted molar refractivity (Wildman–Crippen MR) is 78.5 cm³/mol. The summed E-state index contributed by atoms with van der Waals surface area (Å²) in [5.74, 6) is 1.57. The van der Waals surface area contributed by atoms with Crippen molar-refractivity contribution in [2.24, 2.45) is 5.92 Å². The summed E-state index contributed by atoms with van der Waals surface area (Å²) >= 11 is 0. The maximum absolute atomic E-state index is 5.60. The first-order valence-electron chi connectivity index (χ1n) is 7.33. The SMILES string of the molecule is c1ccc(C(NCC2CCCOC2)c2ccco2)cc1. The molecule has 1 aliphatic rings. The number of rotatable bonds is 5. The summed E-state index contributed by atoms with van der Waals surface area (Å²) in [6, 6.07) is 14.5. The first-order valence-corrected chi connectivity index (χ1v) is 7.33. The summed E-state index contributed by atoms with van der Waals surface area (Å²) in [5, 5.41) is 3.63. The molecule has 2 aromatic rings. The van der Waals surface area contributed by atoms with Gasteiger partial charge in [-0.15, -0.1) is 0 Å². The fraction of sp³-hybridized carbons (Fsp3) is 0.412. The predicted octanol–water partition coefficient (Wildman–Crippen LogP) is 3.39. The molecule has 0 bridgehead atoms. The lowest BCUT2D eigenvalue weighted by atomic mass is 10.00. The summed E-state index contributed by atoms with van der Waals surface area (Å²) in [6.45, 7) is 2.74. The zero-order valence-electron chi connectivity index (χ0n) is 11.6. The minimum absolute atomic E-state index is 0.119. The lowest BCUT2D eigenvalue weighted by Gasteiger charge is -2.25. The third-order valence-corrected chi connectivity index (χ3v) is 3.83. The molecule has 0 spiro atoms. The van der Waals surface area contributed by atoms with Gasteiger partial charge in [0.25, 0.3) is 0 Å². The van der Waals surface area contributed by atoms with Gasteiger partial charge in [-0.1, -0.05) is 30.3 Å². The van der Waals surface area contributed by atoms with Crippen molar-refractivity contribution in [3.63, 3.8) is 0 Å². The molecule has 0 amide bonds. The summed E-state index contributed by atoms with van der Waals surface area (Å²) in [6.07, 6.45) is 4.15. The molecule has 3 nitrogen and oxygen atoms in total. The largest absolute Gasteiger partial charge is 0.467 e. The Balaban J connectivity index is 1.69. The molecule has 0 radical (unpaired) electrons. The molecule has 1 fully saturated rings. The quantitative estimate of drug-likeness (QED) is 0.905. The van der Waals surface area contributed by atoms with Gasteiger partial charge >= 0.3 is 0 Å². The van der Waals surface area contributed by atoms with Gasteiger partial charge in [0.15, 0.2) is 0 Å². The van der Waals surface area contributed by atoms with E-state index in [2.05, 4.69) is 29.6 Å². The Morgan fingerprint density at radius 2 is 2.05 bits per heavy atom. The van der Waals surface area contributed by atoms with E-state index in [0.29, 0.717) is 5.92 Å². The molecule has 0 aliphatic carbocycles. The highest BCUT2D eigenvalue weighted by Gasteiger charge is 2.19. The van der Waals surface area contributed by atoms with Crippen molar-refractivity contribution in [3.8, 4) is 0 Å². The van der Waals surface area contributed by atoms with Crippen LogP contribution in [0.25, 0.3) is 0 Å². The van der Waals surface area contributed by atoms with Crippen molar-refractivity contribution < 1.29 is 9.15 Å². The summed E-state index contributed by atoms with van der Waals surface area (Å²) in [5.41, 5.74) is 1.24. The number of ether oxygens (including phenoxy) is 1. The van der Waals surface area contributed by atoms with Crippen molar-refractivity contribution in [3.05, 3.63) is 60.1 Å². The average molecular weight is 271 g/mol. The van der Waals surface area contributed by atoms with Crippen LogP contribution in [-0.2, 0) is 4.74 Å². The van der Waals surface area contributed by atoms with Crippen LogP contribution in [0.2, 0.25) is 0 Å². The number of benzene rings is 1. The molecule has 2 unspecified atom stereocenters. The minimum Gasteiger partial charge on any atom is -0.467 e. The molecule has 2 heterocycles. The topological polar surface area (TPSA) is 34.4 Å². The van der Waals surface area contributed by atoms with Crippen LogP contribution in [0.1, 0.15) is 30.2 Å². The van der Waals surface area contributed by atoms with Crippen molar-refractivity contribution >= 4 is 0 Å². The minimum atomic E-state index is 0.119. The molecule has 1 saturated heterocycles. The van der Waals surface area contributed by atoms with Crippen LogP contribution < -0.4 is 5.32 Å². The summed E-state index contributed by atoms with van der Waals surface area (Å²) in [4.78, 5) is 0. The average Bonchev–Trinajstić information content (AvgIpc) is 3.04. The fourth-order valence-corrected chi connectivity index (χ4v) is 2.74. The zero-order valence-corrected chi connectivity index (χ0v) is 11.6. The third-order valence-electron chi connectivity index (χ3n) is 3.83. The first-order chi connectivity index (χ1) is 9.93. The fourth-order valence-electron chi connectivity index (χ4n) is 2.74. The molecule has 106 valence electrons. The Labute approximate surface area is 119 Å². The number of hydrogen-bond acceptors (Lipinski definition) is 3. The second-order valence-corrected chi connectivity index (χ2v) is 5.35. The van der Waals surface area contributed by atoms with Crippen molar-refractivity contribution in [2.45, 2.75) is 18.9 Å². The van der Waals surface area contributed by atoms with Gasteiger partial charge in [0.05, 0.1) is 18.9 Å². The molecule has 1 N–H and O–H groups in total. The van der Waals surface area contributed by atoms with Gasteiger partial charge in [-0.05, 0) is 36.5 Å². The summed E-state index contributed by atoms with van der Waals surface area (Å²) in [7, 11) is 0. The highest BCUT2D eigenvalue weighted by atomic mass is 16.5. The number of furan rings is 1. The van der Waals surface area contributed by atoms with E-state index in [0.717, 1.165) is 25.5 Å². The molecular formula is C17H21NO2. The highest BCUT2D eigenvalue weighted by molar-refractivity contribution is 5.26. The maximum Gasteiger partial charge on any atom is 0.125 e.